The lowest BCUT2D eigenvalue weighted by Gasteiger charge is -2.14. The van der Waals surface area contributed by atoms with E-state index in [1.165, 1.54) is 19.2 Å². The topological polar surface area (TPSA) is 34.1 Å². The molecule has 1 N–H and O–H groups in total. The molecule has 8 heteroatoms. The van der Waals surface area contributed by atoms with Gasteiger partial charge in [-0.05, 0) is 41.1 Å². The molecule has 1 aromatic carbocycles. The van der Waals surface area contributed by atoms with Gasteiger partial charge >= 0.3 is 6.18 Å². The van der Waals surface area contributed by atoms with E-state index in [1.807, 2.05) is 6.92 Å². The summed E-state index contributed by atoms with van der Waals surface area (Å²) in [5.41, 5.74) is 1.31. The number of hydrogen-bond acceptors (Lipinski definition) is 4. The lowest BCUT2D eigenvalue weighted by molar-refractivity contribution is -0.138. The number of ether oxygens (including phenoxy) is 1. The van der Waals surface area contributed by atoms with Crippen molar-refractivity contribution in [3.05, 3.63) is 45.4 Å². The van der Waals surface area contributed by atoms with Gasteiger partial charge in [-0.25, -0.2) is 0 Å². The molecule has 3 nitrogen and oxygen atoms in total. The molecule has 0 aliphatic carbocycles. The van der Waals surface area contributed by atoms with E-state index < -0.39 is 11.7 Å². The molecule has 0 saturated heterocycles. The molecular formula is C16H12BrF3N2OS. The normalized spacial score (nSPS) is 11.8. The maximum Gasteiger partial charge on any atom is 0.419 e. The molecule has 0 fully saturated rings. The fourth-order valence-electron chi connectivity index (χ4n) is 2.33. The standard InChI is InChI=1S/C16H12BrF3N2OS/c1-8-13(17)14-15(24-8)11(5-6-21-14)22-9-3-4-10(16(18,19)20)12(7-9)23-2/h3-7H,1-2H3,(H,21,22). The number of rotatable bonds is 3. The number of fused-ring (bicyclic) bond motifs is 1. The molecule has 0 aliphatic heterocycles. The highest BCUT2D eigenvalue weighted by Gasteiger charge is 2.34. The van der Waals surface area contributed by atoms with Gasteiger partial charge in [-0.1, -0.05) is 0 Å². The summed E-state index contributed by atoms with van der Waals surface area (Å²) < 4.78 is 45.6. The Hall–Kier alpha value is -1.80. The van der Waals surface area contributed by atoms with Crippen LogP contribution in [-0.2, 0) is 6.18 Å². The summed E-state index contributed by atoms with van der Waals surface area (Å²) in [7, 11) is 1.22. The van der Waals surface area contributed by atoms with Crippen LogP contribution in [0.5, 0.6) is 5.75 Å². The molecule has 126 valence electrons. The highest BCUT2D eigenvalue weighted by molar-refractivity contribution is 9.10. The third-order valence-electron chi connectivity index (χ3n) is 3.46. The monoisotopic (exact) mass is 416 g/mol. The number of aryl methyl sites for hydroxylation is 1. The van der Waals surface area contributed by atoms with Crippen molar-refractivity contribution in [3.8, 4) is 5.75 Å². The van der Waals surface area contributed by atoms with Gasteiger partial charge < -0.3 is 10.1 Å². The maximum atomic E-state index is 12.9. The van der Waals surface area contributed by atoms with Crippen LogP contribution in [0.15, 0.2) is 34.9 Å². The van der Waals surface area contributed by atoms with Crippen LogP contribution >= 0.6 is 27.3 Å². The van der Waals surface area contributed by atoms with Crippen LogP contribution in [0.4, 0.5) is 24.5 Å². The van der Waals surface area contributed by atoms with E-state index in [0.29, 0.717) is 5.69 Å². The molecule has 0 aliphatic rings. The van der Waals surface area contributed by atoms with Crippen LogP contribution in [0, 0.1) is 6.92 Å². The van der Waals surface area contributed by atoms with E-state index in [9.17, 15) is 13.2 Å². The fourth-order valence-corrected chi connectivity index (χ4v) is 3.98. The van der Waals surface area contributed by atoms with Crippen LogP contribution in [0.2, 0.25) is 0 Å². The Bertz CT molecular complexity index is 908. The first kappa shape index (κ1) is 17.0. The van der Waals surface area contributed by atoms with E-state index in [2.05, 4.69) is 26.2 Å². The molecule has 2 heterocycles. The van der Waals surface area contributed by atoms with Gasteiger partial charge in [0.15, 0.2) is 0 Å². The number of methoxy groups -OCH3 is 1. The number of nitrogens with one attached hydrogen (secondary N) is 1. The number of alkyl halides is 3. The molecule has 3 aromatic rings. The number of aromatic nitrogens is 1. The van der Waals surface area contributed by atoms with Crippen LogP contribution in [0.1, 0.15) is 10.4 Å². The minimum atomic E-state index is -4.45. The zero-order valence-electron chi connectivity index (χ0n) is 12.7. The van der Waals surface area contributed by atoms with E-state index in [0.717, 1.165) is 31.3 Å². The zero-order valence-corrected chi connectivity index (χ0v) is 15.1. The van der Waals surface area contributed by atoms with Crippen molar-refractivity contribution in [1.82, 2.24) is 4.98 Å². The van der Waals surface area contributed by atoms with Gasteiger partial charge in [0.05, 0.1) is 33.0 Å². The van der Waals surface area contributed by atoms with Gasteiger partial charge in [-0.15, -0.1) is 11.3 Å². The summed E-state index contributed by atoms with van der Waals surface area (Å²) in [5, 5.41) is 3.14. The number of thiophene rings is 1. The summed E-state index contributed by atoms with van der Waals surface area (Å²) in [6.45, 7) is 1.97. The average molecular weight is 417 g/mol. The van der Waals surface area contributed by atoms with Crippen molar-refractivity contribution in [2.75, 3.05) is 12.4 Å². The molecule has 3 rings (SSSR count). The Balaban J connectivity index is 2.02. The van der Waals surface area contributed by atoms with Crippen molar-refractivity contribution in [3.63, 3.8) is 0 Å². The van der Waals surface area contributed by atoms with E-state index in [1.54, 1.807) is 23.6 Å². The number of hydrogen-bond donors (Lipinski definition) is 1. The largest absolute Gasteiger partial charge is 0.496 e. The Morgan fingerprint density at radius 2 is 2.00 bits per heavy atom. The van der Waals surface area contributed by atoms with Crippen molar-refractivity contribution in [1.29, 1.82) is 0 Å². The molecule has 24 heavy (non-hydrogen) atoms. The van der Waals surface area contributed by atoms with Gasteiger partial charge in [-0.2, -0.15) is 13.2 Å². The van der Waals surface area contributed by atoms with Gasteiger partial charge in [0.2, 0.25) is 0 Å². The molecule has 0 saturated carbocycles. The molecule has 0 amide bonds. The summed E-state index contributed by atoms with van der Waals surface area (Å²) in [6.07, 6.45) is -2.80. The Kier molecular flexibility index (Phi) is 4.44. The summed E-state index contributed by atoms with van der Waals surface area (Å²) in [4.78, 5) is 5.41. The van der Waals surface area contributed by atoms with E-state index in [4.69, 9.17) is 4.74 Å². The third-order valence-corrected chi connectivity index (χ3v) is 5.82. The molecule has 0 unspecified atom stereocenters. The minimum Gasteiger partial charge on any atom is -0.496 e. The smallest absolute Gasteiger partial charge is 0.419 e. The zero-order chi connectivity index (χ0) is 17.5. The highest BCUT2D eigenvalue weighted by atomic mass is 79.9. The first-order valence-electron chi connectivity index (χ1n) is 6.87. The van der Waals surface area contributed by atoms with Crippen LogP contribution in [0.3, 0.4) is 0 Å². The fraction of sp³-hybridized carbons (Fsp3) is 0.188. The highest BCUT2D eigenvalue weighted by Crippen LogP contribution is 2.40. The second-order valence-electron chi connectivity index (χ2n) is 5.05. The van der Waals surface area contributed by atoms with Crippen LogP contribution < -0.4 is 10.1 Å². The molecule has 0 atom stereocenters. The van der Waals surface area contributed by atoms with E-state index in [-0.39, 0.29) is 5.75 Å². The lowest BCUT2D eigenvalue weighted by Crippen LogP contribution is -2.07. The summed E-state index contributed by atoms with van der Waals surface area (Å²) in [6, 6.07) is 5.52. The van der Waals surface area contributed by atoms with Gasteiger partial charge in [0.25, 0.3) is 0 Å². The lowest BCUT2D eigenvalue weighted by atomic mass is 10.1. The van der Waals surface area contributed by atoms with Crippen LogP contribution in [0.25, 0.3) is 10.2 Å². The van der Waals surface area contributed by atoms with Crippen LogP contribution in [-0.4, -0.2) is 12.1 Å². The quantitative estimate of drug-likeness (QED) is 0.556. The number of pyridine rings is 1. The van der Waals surface area contributed by atoms with Crippen molar-refractivity contribution < 1.29 is 17.9 Å². The first-order chi connectivity index (χ1) is 11.3. The van der Waals surface area contributed by atoms with Crippen molar-refractivity contribution in [2.24, 2.45) is 0 Å². The molecule has 0 bridgehead atoms. The van der Waals surface area contributed by atoms with E-state index >= 15 is 0 Å². The predicted octanol–water partition coefficient (Wildman–Crippen LogP) is 6.14. The molecule has 2 aromatic heterocycles. The van der Waals surface area contributed by atoms with Gasteiger partial charge in [0, 0.05) is 22.8 Å². The molecular weight excluding hydrogens is 405 g/mol. The predicted molar refractivity (Wildman–Crippen MR) is 93.3 cm³/mol. The number of anilines is 2. The van der Waals surface area contributed by atoms with Gasteiger partial charge in [-0.3, -0.25) is 4.98 Å². The third kappa shape index (κ3) is 3.08. The molecule has 0 radical (unpaired) electrons. The Morgan fingerprint density at radius 3 is 2.67 bits per heavy atom. The number of nitrogens with zero attached hydrogens (tertiary/aromatic N) is 1. The Labute approximate surface area is 148 Å². The number of halogens is 4. The SMILES string of the molecule is COc1cc(Nc2ccnc3c(Br)c(C)sc23)ccc1C(F)(F)F. The second kappa shape index (κ2) is 6.25. The maximum absolute atomic E-state index is 12.9. The minimum absolute atomic E-state index is 0.221. The summed E-state index contributed by atoms with van der Waals surface area (Å²) >= 11 is 5.06. The van der Waals surface area contributed by atoms with Gasteiger partial charge in [0.1, 0.15) is 5.75 Å². The first-order valence-corrected chi connectivity index (χ1v) is 8.48. The van der Waals surface area contributed by atoms with Crippen molar-refractivity contribution in [2.45, 2.75) is 13.1 Å². The average Bonchev–Trinajstić information content (AvgIpc) is 2.82. The number of benzene rings is 1. The summed E-state index contributed by atoms with van der Waals surface area (Å²) in [5.74, 6) is -0.221. The molecule has 0 spiro atoms. The van der Waals surface area contributed by atoms with Crippen molar-refractivity contribution >= 4 is 48.9 Å². The Morgan fingerprint density at radius 1 is 1.25 bits per heavy atom. The second-order valence-corrected chi connectivity index (χ2v) is 7.06.